The molecule has 4 rings (SSSR count). The van der Waals surface area contributed by atoms with Crippen molar-refractivity contribution < 1.29 is 29.0 Å². The van der Waals surface area contributed by atoms with Gasteiger partial charge in [-0.15, -0.1) is 0 Å². The van der Waals surface area contributed by atoms with E-state index in [0.29, 0.717) is 13.0 Å². The molecule has 0 radical (unpaired) electrons. The molecule has 1 heterocycles. The van der Waals surface area contributed by atoms with Gasteiger partial charge in [0.1, 0.15) is 12.1 Å². The lowest BCUT2D eigenvalue weighted by Gasteiger charge is -2.31. The van der Waals surface area contributed by atoms with Crippen molar-refractivity contribution in [2.45, 2.75) is 24.3 Å². The highest BCUT2D eigenvalue weighted by Gasteiger charge is 2.46. The molecule has 0 aromatic heterocycles. The Bertz CT molecular complexity index is 985. The molecular formula is C24H26N2O6. The Balaban J connectivity index is 1.44. The molecule has 1 aliphatic heterocycles. The second kappa shape index (κ2) is 9.00. The summed E-state index contributed by atoms with van der Waals surface area (Å²) in [5.74, 6) is -1.46. The molecule has 0 bridgehead atoms. The molecule has 1 aliphatic carbocycles. The van der Waals surface area contributed by atoms with Crippen LogP contribution in [0.5, 0.6) is 0 Å². The second-order valence-electron chi connectivity index (χ2n) is 8.21. The number of carboxylic acid groups (broad SMARTS) is 1. The van der Waals surface area contributed by atoms with E-state index in [-0.39, 0.29) is 38.0 Å². The van der Waals surface area contributed by atoms with E-state index in [1.807, 2.05) is 36.4 Å². The molecule has 0 saturated carbocycles. The maximum atomic E-state index is 13.0. The predicted octanol–water partition coefficient (Wildman–Crippen LogP) is 2.62. The zero-order chi connectivity index (χ0) is 22.7. The molecular weight excluding hydrogens is 412 g/mol. The number of alkyl carbamates (subject to hydrolysis) is 1. The van der Waals surface area contributed by atoms with Gasteiger partial charge in [0.05, 0.1) is 13.0 Å². The van der Waals surface area contributed by atoms with Gasteiger partial charge in [-0.05, 0) is 22.3 Å². The highest BCUT2D eigenvalue weighted by atomic mass is 16.6. The average molecular weight is 438 g/mol. The summed E-state index contributed by atoms with van der Waals surface area (Å²) in [7, 11) is 1.52. The third-order valence-electron chi connectivity index (χ3n) is 6.12. The predicted molar refractivity (Wildman–Crippen MR) is 116 cm³/mol. The van der Waals surface area contributed by atoms with Crippen LogP contribution in [-0.4, -0.2) is 66.9 Å². The van der Waals surface area contributed by atoms with Crippen LogP contribution < -0.4 is 5.32 Å². The molecule has 2 aliphatic rings. The lowest BCUT2D eigenvalue weighted by atomic mass is 9.96. The molecule has 0 spiro atoms. The number of carbonyl (C=O) groups excluding carboxylic acids is 2. The molecule has 1 atom stereocenters. The van der Waals surface area contributed by atoms with E-state index in [0.717, 1.165) is 22.3 Å². The SMILES string of the molecule is CN(CCC(=O)O)C(=O)C1(NC(=O)OCC2c3ccccc3-c3ccccc32)CCOC1. The normalized spacial score (nSPS) is 19.2. The van der Waals surface area contributed by atoms with Crippen molar-refractivity contribution in [3.63, 3.8) is 0 Å². The number of hydrogen-bond donors (Lipinski definition) is 2. The highest BCUT2D eigenvalue weighted by molar-refractivity contribution is 5.90. The lowest BCUT2D eigenvalue weighted by molar-refractivity contribution is -0.140. The number of carbonyl (C=O) groups is 3. The number of nitrogens with zero attached hydrogens (tertiary/aromatic N) is 1. The van der Waals surface area contributed by atoms with E-state index >= 15 is 0 Å². The van der Waals surface area contributed by atoms with Crippen LogP contribution in [0.1, 0.15) is 29.9 Å². The topological polar surface area (TPSA) is 105 Å². The Kier molecular flexibility index (Phi) is 6.14. The molecule has 2 aromatic rings. The van der Waals surface area contributed by atoms with Crippen molar-refractivity contribution in [3.05, 3.63) is 59.7 Å². The van der Waals surface area contributed by atoms with Crippen LogP contribution in [0.25, 0.3) is 11.1 Å². The fraction of sp³-hybridized carbons (Fsp3) is 0.375. The number of benzene rings is 2. The Morgan fingerprint density at radius 1 is 1.12 bits per heavy atom. The zero-order valence-electron chi connectivity index (χ0n) is 17.9. The molecule has 8 nitrogen and oxygen atoms in total. The van der Waals surface area contributed by atoms with Gasteiger partial charge in [-0.1, -0.05) is 48.5 Å². The van der Waals surface area contributed by atoms with Crippen LogP contribution >= 0.6 is 0 Å². The first-order valence-corrected chi connectivity index (χ1v) is 10.6. The van der Waals surface area contributed by atoms with E-state index in [9.17, 15) is 14.4 Å². The van der Waals surface area contributed by atoms with E-state index in [1.54, 1.807) is 0 Å². The first kappa shape index (κ1) is 21.8. The summed E-state index contributed by atoms with van der Waals surface area (Å²) >= 11 is 0. The number of hydrogen-bond acceptors (Lipinski definition) is 5. The van der Waals surface area contributed by atoms with Crippen molar-refractivity contribution in [2.24, 2.45) is 0 Å². The van der Waals surface area contributed by atoms with Crippen molar-refractivity contribution in [1.29, 1.82) is 0 Å². The standard InChI is InChI=1S/C24H26N2O6/c1-26(12-10-21(27)28)22(29)24(11-13-31-15-24)25-23(30)32-14-20-18-8-4-2-6-16(18)17-7-3-5-9-19(17)20/h2-9,20H,10-15H2,1H3,(H,25,30)(H,27,28). The van der Waals surface area contributed by atoms with Gasteiger partial charge in [0, 0.05) is 32.5 Å². The number of rotatable bonds is 7. The minimum absolute atomic E-state index is 0.0213. The molecule has 2 N–H and O–H groups in total. The average Bonchev–Trinajstić information content (AvgIpc) is 3.39. The summed E-state index contributed by atoms with van der Waals surface area (Å²) in [6.07, 6.45) is -0.574. The lowest BCUT2D eigenvalue weighted by Crippen LogP contribution is -2.60. The fourth-order valence-electron chi connectivity index (χ4n) is 4.45. The van der Waals surface area contributed by atoms with E-state index in [2.05, 4.69) is 17.4 Å². The number of amides is 2. The minimum atomic E-state index is -1.25. The third kappa shape index (κ3) is 4.18. The van der Waals surface area contributed by atoms with Crippen LogP contribution in [-0.2, 0) is 19.1 Å². The smallest absolute Gasteiger partial charge is 0.408 e. The number of likely N-dealkylation sites (N-methyl/N-ethyl adjacent to an activating group) is 1. The molecule has 1 saturated heterocycles. The number of carboxylic acids is 1. The Labute approximate surface area is 186 Å². The Morgan fingerprint density at radius 3 is 2.31 bits per heavy atom. The van der Waals surface area contributed by atoms with Gasteiger partial charge in [-0.3, -0.25) is 9.59 Å². The van der Waals surface area contributed by atoms with E-state index in [1.165, 1.54) is 11.9 Å². The van der Waals surface area contributed by atoms with Gasteiger partial charge in [-0.25, -0.2) is 4.79 Å². The molecule has 32 heavy (non-hydrogen) atoms. The maximum absolute atomic E-state index is 13.0. The Morgan fingerprint density at radius 2 is 1.75 bits per heavy atom. The third-order valence-corrected chi connectivity index (χ3v) is 6.12. The van der Waals surface area contributed by atoms with Crippen molar-refractivity contribution in [1.82, 2.24) is 10.2 Å². The Hall–Kier alpha value is -3.39. The number of aliphatic carboxylic acids is 1. The summed E-state index contributed by atoms with van der Waals surface area (Å²) in [5.41, 5.74) is 3.21. The van der Waals surface area contributed by atoms with E-state index in [4.69, 9.17) is 14.6 Å². The second-order valence-corrected chi connectivity index (χ2v) is 8.21. The zero-order valence-corrected chi connectivity index (χ0v) is 17.9. The van der Waals surface area contributed by atoms with Gasteiger partial charge in [0.15, 0.2) is 0 Å². The molecule has 168 valence electrons. The van der Waals surface area contributed by atoms with Gasteiger partial charge < -0.3 is 24.8 Å². The van der Waals surface area contributed by atoms with Crippen molar-refractivity contribution >= 4 is 18.0 Å². The number of fused-ring (bicyclic) bond motifs is 3. The van der Waals surface area contributed by atoms with Crippen LogP contribution in [0.15, 0.2) is 48.5 Å². The van der Waals surface area contributed by atoms with Crippen LogP contribution in [0, 0.1) is 0 Å². The van der Waals surface area contributed by atoms with E-state index < -0.39 is 17.6 Å². The number of ether oxygens (including phenoxy) is 2. The molecule has 1 fully saturated rings. The van der Waals surface area contributed by atoms with Crippen molar-refractivity contribution in [2.75, 3.05) is 33.4 Å². The van der Waals surface area contributed by atoms with Gasteiger partial charge in [-0.2, -0.15) is 0 Å². The van der Waals surface area contributed by atoms with Gasteiger partial charge >= 0.3 is 12.1 Å². The summed E-state index contributed by atoms with van der Waals surface area (Å²) in [4.78, 5) is 37.9. The molecule has 2 aromatic carbocycles. The quantitative estimate of drug-likeness (QED) is 0.689. The molecule has 8 heteroatoms. The van der Waals surface area contributed by atoms with Crippen molar-refractivity contribution in [3.8, 4) is 11.1 Å². The fourth-order valence-corrected chi connectivity index (χ4v) is 4.45. The summed E-state index contributed by atoms with van der Waals surface area (Å²) in [6.45, 7) is 0.526. The molecule has 2 amide bonds. The van der Waals surface area contributed by atoms with Gasteiger partial charge in [0.25, 0.3) is 5.91 Å². The van der Waals surface area contributed by atoms with Gasteiger partial charge in [0.2, 0.25) is 0 Å². The summed E-state index contributed by atoms with van der Waals surface area (Å²) < 4.78 is 11.0. The summed E-state index contributed by atoms with van der Waals surface area (Å²) in [6, 6.07) is 16.1. The van der Waals surface area contributed by atoms with Crippen LogP contribution in [0.2, 0.25) is 0 Å². The number of nitrogens with one attached hydrogen (secondary N) is 1. The summed E-state index contributed by atoms with van der Waals surface area (Å²) in [5, 5.41) is 11.6. The molecule has 1 unspecified atom stereocenters. The maximum Gasteiger partial charge on any atom is 0.408 e. The first-order chi connectivity index (χ1) is 15.4. The monoisotopic (exact) mass is 438 g/mol. The largest absolute Gasteiger partial charge is 0.481 e. The first-order valence-electron chi connectivity index (χ1n) is 10.6. The minimum Gasteiger partial charge on any atom is -0.481 e. The van der Waals surface area contributed by atoms with Crippen LogP contribution in [0.3, 0.4) is 0 Å². The highest BCUT2D eigenvalue weighted by Crippen LogP contribution is 2.44. The van der Waals surface area contributed by atoms with Crippen LogP contribution in [0.4, 0.5) is 4.79 Å².